The molecular weight excluding hydrogens is 290 g/mol. The fraction of sp³-hybridized carbons (Fsp3) is 0.556. The summed E-state index contributed by atoms with van der Waals surface area (Å²) in [5, 5.41) is 14.9. The number of nitriles is 1. The van der Waals surface area contributed by atoms with Gasteiger partial charge in [-0.1, -0.05) is 12.1 Å². The Balaban J connectivity index is 1.47. The molecule has 0 radical (unpaired) electrons. The van der Waals surface area contributed by atoms with Crippen LogP contribution in [0.15, 0.2) is 24.3 Å². The predicted octanol–water partition coefficient (Wildman–Crippen LogP) is 2.36. The first kappa shape index (κ1) is 15.8. The second-order valence-electron chi connectivity index (χ2n) is 6.74. The number of amides is 2. The first-order valence-electron chi connectivity index (χ1n) is 8.27. The average molecular weight is 313 g/mol. The third kappa shape index (κ3) is 3.83. The van der Waals surface area contributed by atoms with Crippen molar-refractivity contribution >= 4 is 6.03 Å². The summed E-state index contributed by atoms with van der Waals surface area (Å²) < 4.78 is 5.82. The van der Waals surface area contributed by atoms with E-state index in [9.17, 15) is 4.79 Å². The van der Waals surface area contributed by atoms with E-state index < -0.39 is 0 Å². The van der Waals surface area contributed by atoms with Gasteiger partial charge < -0.3 is 15.4 Å². The van der Waals surface area contributed by atoms with E-state index in [1.165, 1.54) is 12.8 Å². The lowest BCUT2D eigenvalue weighted by atomic mass is 9.90. The van der Waals surface area contributed by atoms with E-state index in [1.54, 1.807) is 6.07 Å². The van der Waals surface area contributed by atoms with E-state index in [0.717, 1.165) is 18.6 Å². The average Bonchev–Trinajstić information content (AvgIpc) is 3.30. The number of carbonyl (C=O) groups excluding carboxylic acids is 1. The Morgan fingerprint density at radius 2 is 2.30 bits per heavy atom. The number of nitrogens with zero attached hydrogens (tertiary/aromatic N) is 1. The lowest BCUT2D eigenvalue weighted by Gasteiger charge is -2.31. The summed E-state index contributed by atoms with van der Waals surface area (Å²) >= 11 is 0. The summed E-state index contributed by atoms with van der Waals surface area (Å²) in [6.07, 6.45) is 4.14. The monoisotopic (exact) mass is 313 g/mol. The van der Waals surface area contributed by atoms with E-state index in [4.69, 9.17) is 10.00 Å². The summed E-state index contributed by atoms with van der Waals surface area (Å²) in [5.41, 5.74) is 1.44. The number of benzene rings is 1. The molecule has 1 saturated carbocycles. The van der Waals surface area contributed by atoms with Crippen LogP contribution in [0, 0.1) is 17.2 Å². The van der Waals surface area contributed by atoms with Crippen molar-refractivity contribution in [3.8, 4) is 6.07 Å². The molecule has 1 saturated heterocycles. The molecule has 1 aromatic rings. The number of nitrogens with one attached hydrogen (secondary N) is 2. The molecule has 1 heterocycles. The van der Waals surface area contributed by atoms with Gasteiger partial charge in [0.2, 0.25) is 0 Å². The molecule has 1 aliphatic carbocycles. The van der Waals surface area contributed by atoms with Gasteiger partial charge in [-0.05, 0) is 56.2 Å². The van der Waals surface area contributed by atoms with E-state index in [0.29, 0.717) is 24.4 Å². The SMILES string of the molecule is C[C@]1(NC(=O)NCCc2cccc(C#N)c2)CCO[C@@H]1C1CC1. The van der Waals surface area contributed by atoms with E-state index >= 15 is 0 Å². The van der Waals surface area contributed by atoms with Crippen molar-refractivity contribution in [2.45, 2.75) is 44.2 Å². The first-order chi connectivity index (χ1) is 11.1. The van der Waals surface area contributed by atoms with Gasteiger partial charge in [0.25, 0.3) is 0 Å². The zero-order valence-electron chi connectivity index (χ0n) is 13.5. The Bertz CT molecular complexity index is 621. The summed E-state index contributed by atoms with van der Waals surface area (Å²) in [4.78, 5) is 12.2. The number of ether oxygens (including phenoxy) is 1. The van der Waals surface area contributed by atoms with Gasteiger partial charge in [-0.3, -0.25) is 0 Å². The summed E-state index contributed by atoms with van der Waals surface area (Å²) in [7, 11) is 0. The lowest BCUT2D eigenvalue weighted by molar-refractivity contribution is 0.0591. The van der Waals surface area contributed by atoms with Gasteiger partial charge in [0.15, 0.2) is 0 Å². The van der Waals surface area contributed by atoms with Crippen LogP contribution in [0.1, 0.15) is 37.3 Å². The molecule has 0 spiro atoms. The van der Waals surface area contributed by atoms with Crippen LogP contribution in [-0.2, 0) is 11.2 Å². The lowest BCUT2D eigenvalue weighted by Crippen LogP contribution is -2.55. The number of hydrogen-bond acceptors (Lipinski definition) is 3. The van der Waals surface area contributed by atoms with E-state index in [-0.39, 0.29) is 17.7 Å². The molecule has 5 nitrogen and oxygen atoms in total. The van der Waals surface area contributed by atoms with Crippen LogP contribution in [0.3, 0.4) is 0 Å². The van der Waals surface area contributed by atoms with Gasteiger partial charge in [0.1, 0.15) is 0 Å². The molecule has 5 heteroatoms. The molecule has 2 amide bonds. The van der Waals surface area contributed by atoms with E-state index in [2.05, 4.69) is 23.6 Å². The van der Waals surface area contributed by atoms with Gasteiger partial charge in [0, 0.05) is 13.2 Å². The Morgan fingerprint density at radius 3 is 3.04 bits per heavy atom. The summed E-state index contributed by atoms with van der Waals surface area (Å²) in [6, 6.07) is 9.46. The second kappa shape index (κ2) is 6.59. The predicted molar refractivity (Wildman–Crippen MR) is 86.9 cm³/mol. The fourth-order valence-corrected chi connectivity index (χ4v) is 3.33. The topological polar surface area (TPSA) is 74.2 Å². The van der Waals surface area contributed by atoms with Crippen molar-refractivity contribution in [2.24, 2.45) is 5.92 Å². The minimum Gasteiger partial charge on any atom is -0.375 e. The van der Waals surface area contributed by atoms with Crippen molar-refractivity contribution in [3.63, 3.8) is 0 Å². The number of hydrogen-bond donors (Lipinski definition) is 2. The molecular formula is C18H23N3O2. The van der Waals surface area contributed by atoms with Gasteiger partial charge in [-0.2, -0.15) is 5.26 Å². The summed E-state index contributed by atoms with van der Waals surface area (Å²) in [5.74, 6) is 0.608. The maximum Gasteiger partial charge on any atom is 0.315 e. The molecule has 23 heavy (non-hydrogen) atoms. The molecule has 0 aromatic heterocycles. The van der Waals surface area contributed by atoms with Crippen LogP contribution in [0.4, 0.5) is 4.79 Å². The first-order valence-corrected chi connectivity index (χ1v) is 8.27. The molecule has 0 unspecified atom stereocenters. The van der Waals surface area contributed by atoms with Crippen molar-refractivity contribution in [1.82, 2.24) is 10.6 Å². The molecule has 2 atom stereocenters. The third-order valence-electron chi connectivity index (χ3n) is 4.75. The van der Waals surface area contributed by atoms with Crippen LogP contribution >= 0.6 is 0 Å². The molecule has 1 aromatic carbocycles. The summed E-state index contributed by atoms with van der Waals surface area (Å²) in [6.45, 7) is 3.35. The number of rotatable bonds is 5. The molecule has 2 N–H and O–H groups in total. The standard InChI is InChI=1S/C18H23N3O2/c1-18(8-10-23-16(18)15-5-6-15)21-17(22)20-9-7-13-3-2-4-14(11-13)12-19/h2-4,11,15-16H,5-10H2,1H3,(H2,20,21,22)/t16-,18+/m1/s1. The Labute approximate surface area is 137 Å². The normalized spacial score (nSPS) is 26.5. The maximum atomic E-state index is 12.2. The number of urea groups is 1. The van der Waals surface area contributed by atoms with E-state index in [1.807, 2.05) is 18.2 Å². The fourth-order valence-electron chi connectivity index (χ4n) is 3.33. The minimum absolute atomic E-state index is 0.139. The van der Waals surface area contributed by atoms with Crippen LogP contribution < -0.4 is 10.6 Å². The van der Waals surface area contributed by atoms with Gasteiger partial charge in [-0.25, -0.2) is 4.79 Å². The smallest absolute Gasteiger partial charge is 0.315 e. The zero-order valence-corrected chi connectivity index (χ0v) is 13.5. The van der Waals surface area contributed by atoms with Crippen LogP contribution in [0.2, 0.25) is 0 Å². The zero-order chi connectivity index (χ0) is 16.3. The van der Waals surface area contributed by atoms with Crippen molar-refractivity contribution < 1.29 is 9.53 Å². The molecule has 0 bridgehead atoms. The Hall–Kier alpha value is -2.06. The van der Waals surface area contributed by atoms with Crippen molar-refractivity contribution in [2.75, 3.05) is 13.2 Å². The highest BCUT2D eigenvalue weighted by Crippen LogP contribution is 2.43. The number of carbonyl (C=O) groups is 1. The highest BCUT2D eigenvalue weighted by Gasteiger charge is 2.48. The van der Waals surface area contributed by atoms with Crippen molar-refractivity contribution in [1.29, 1.82) is 5.26 Å². The molecule has 2 fully saturated rings. The third-order valence-corrected chi connectivity index (χ3v) is 4.75. The van der Waals surface area contributed by atoms with Gasteiger partial charge >= 0.3 is 6.03 Å². The molecule has 122 valence electrons. The Kier molecular flexibility index (Phi) is 4.53. The molecule has 3 rings (SSSR count). The van der Waals surface area contributed by atoms with Gasteiger partial charge in [-0.15, -0.1) is 0 Å². The molecule has 2 aliphatic rings. The van der Waals surface area contributed by atoms with Crippen LogP contribution in [-0.4, -0.2) is 30.8 Å². The largest absolute Gasteiger partial charge is 0.375 e. The minimum atomic E-state index is -0.258. The Morgan fingerprint density at radius 1 is 1.48 bits per heavy atom. The maximum absolute atomic E-state index is 12.2. The van der Waals surface area contributed by atoms with Crippen LogP contribution in [0.5, 0.6) is 0 Å². The van der Waals surface area contributed by atoms with Crippen LogP contribution in [0.25, 0.3) is 0 Å². The highest BCUT2D eigenvalue weighted by molar-refractivity contribution is 5.75. The molecule has 1 aliphatic heterocycles. The van der Waals surface area contributed by atoms with Crippen molar-refractivity contribution in [3.05, 3.63) is 35.4 Å². The second-order valence-corrected chi connectivity index (χ2v) is 6.74. The highest BCUT2D eigenvalue weighted by atomic mass is 16.5. The quantitative estimate of drug-likeness (QED) is 0.876. The van der Waals surface area contributed by atoms with Gasteiger partial charge in [0.05, 0.1) is 23.3 Å².